The molecule has 0 saturated carbocycles. The van der Waals surface area contributed by atoms with Gasteiger partial charge in [-0.2, -0.15) is 0 Å². The minimum absolute atomic E-state index is 0.268. The molecule has 5 aromatic carbocycles. The summed E-state index contributed by atoms with van der Waals surface area (Å²) in [5, 5.41) is 7.69. The van der Waals surface area contributed by atoms with Crippen LogP contribution in [0.1, 0.15) is 11.1 Å². The summed E-state index contributed by atoms with van der Waals surface area (Å²) in [5.74, 6) is -0.541. The summed E-state index contributed by atoms with van der Waals surface area (Å²) in [6, 6.07) is 26.6. The zero-order chi connectivity index (χ0) is 22.3. The maximum atomic E-state index is 13.5. The molecule has 1 aromatic heterocycles. The molecule has 4 nitrogen and oxygen atoms in total. The van der Waals surface area contributed by atoms with Crippen LogP contribution in [0.25, 0.3) is 54.4 Å². The standard InChI is InChI=1S/C29H18N2O2/c1-31-28(32)26(27(29(31)33)22-15-30-23-8-3-2-7-19(22)23)21-14-12-18-10-9-16-5-4-6-17-11-13-20(21)25(18)24(16)17/h2-15,30H,1H3. The van der Waals surface area contributed by atoms with Crippen molar-refractivity contribution in [3.8, 4) is 0 Å². The summed E-state index contributed by atoms with van der Waals surface area (Å²) < 4.78 is 0. The van der Waals surface area contributed by atoms with Crippen LogP contribution in [0, 0.1) is 0 Å². The third-order valence-electron chi connectivity index (χ3n) is 6.94. The van der Waals surface area contributed by atoms with Crippen molar-refractivity contribution in [2.45, 2.75) is 0 Å². The van der Waals surface area contributed by atoms with E-state index in [1.165, 1.54) is 21.1 Å². The smallest absolute Gasteiger partial charge is 0.261 e. The molecule has 0 aliphatic carbocycles. The summed E-state index contributed by atoms with van der Waals surface area (Å²) >= 11 is 0. The van der Waals surface area contributed by atoms with E-state index in [4.69, 9.17) is 0 Å². The van der Waals surface area contributed by atoms with Crippen molar-refractivity contribution in [1.29, 1.82) is 0 Å². The van der Waals surface area contributed by atoms with E-state index in [1.807, 2.05) is 36.5 Å². The molecule has 1 aliphatic heterocycles. The van der Waals surface area contributed by atoms with Crippen LogP contribution in [-0.4, -0.2) is 28.7 Å². The van der Waals surface area contributed by atoms with Crippen LogP contribution in [-0.2, 0) is 9.59 Å². The number of para-hydroxylation sites is 1. The van der Waals surface area contributed by atoms with Crippen molar-refractivity contribution in [3.63, 3.8) is 0 Å². The van der Waals surface area contributed by atoms with Gasteiger partial charge in [-0.3, -0.25) is 14.5 Å². The molecule has 0 unspecified atom stereocenters. The average Bonchev–Trinajstić information content (AvgIpc) is 3.37. The predicted octanol–water partition coefficient (Wildman–Crippen LogP) is 5.97. The molecule has 0 atom stereocenters. The van der Waals surface area contributed by atoms with Gasteiger partial charge in [0.15, 0.2) is 0 Å². The number of H-pyrrole nitrogens is 1. The van der Waals surface area contributed by atoms with Gasteiger partial charge in [-0.25, -0.2) is 0 Å². The summed E-state index contributed by atoms with van der Waals surface area (Å²) in [5.41, 5.74) is 3.41. The summed E-state index contributed by atoms with van der Waals surface area (Å²) in [6.45, 7) is 0. The lowest BCUT2D eigenvalue weighted by molar-refractivity contribution is -0.134. The van der Waals surface area contributed by atoms with Crippen molar-refractivity contribution in [3.05, 3.63) is 96.2 Å². The minimum Gasteiger partial charge on any atom is -0.361 e. The lowest BCUT2D eigenvalue weighted by Crippen LogP contribution is -2.26. The molecule has 0 spiro atoms. The molecule has 2 amide bonds. The van der Waals surface area contributed by atoms with Crippen molar-refractivity contribution >= 4 is 66.2 Å². The number of carbonyl (C=O) groups is 2. The van der Waals surface area contributed by atoms with Gasteiger partial charge in [0.1, 0.15) is 0 Å². The largest absolute Gasteiger partial charge is 0.361 e. The average molecular weight is 426 g/mol. The molecule has 0 saturated heterocycles. The Balaban J connectivity index is 1.62. The minimum atomic E-state index is -0.273. The third-order valence-corrected chi connectivity index (χ3v) is 6.94. The number of nitrogens with zero attached hydrogens (tertiary/aromatic N) is 1. The Morgan fingerprint density at radius 1 is 0.606 bits per heavy atom. The van der Waals surface area contributed by atoms with Crippen LogP contribution in [0.5, 0.6) is 0 Å². The molecule has 6 aromatic rings. The molecule has 156 valence electrons. The van der Waals surface area contributed by atoms with Gasteiger partial charge in [-0.1, -0.05) is 72.8 Å². The Bertz CT molecular complexity index is 1810. The summed E-state index contributed by atoms with van der Waals surface area (Å²) in [7, 11) is 1.56. The monoisotopic (exact) mass is 426 g/mol. The van der Waals surface area contributed by atoms with Crippen molar-refractivity contribution in [1.82, 2.24) is 9.88 Å². The number of aromatic nitrogens is 1. The molecule has 33 heavy (non-hydrogen) atoms. The SMILES string of the molecule is CN1C(=O)C(c2c[nH]c3ccccc23)=C(c2ccc3ccc4cccc5ccc2c3c45)C1=O. The van der Waals surface area contributed by atoms with Crippen molar-refractivity contribution in [2.24, 2.45) is 0 Å². The quantitative estimate of drug-likeness (QED) is 0.274. The molecule has 7 rings (SSSR count). The first-order valence-electron chi connectivity index (χ1n) is 10.9. The number of hydrogen-bond acceptors (Lipinski definition) is 2. The number of aromatic amines is 1. The molecule has 0 fully saturated rings. The van der Waals surface area contributed by atoms with E-state index in [0.717, 1.165) is 38.2 Å². The highest BCUT2D eigenvalue weighted by Crippen LogP contribution is 2.43. The van der Waals surface area contributed by atoms with Crippen LogP contribution in [0.15, 0.2) is 85.1 Å². The van der Waals surface area contributed by atoms with E-state index in [1.54, 1.807) is 7.05 Å². The number of rotatable bonds is 2. The summed E-state index contributed by atoms with van der Waals surface area (Å²) in [6.07, 6.45) is 1.83. The lowest BCUT2D eigenvalue weighted by Gasteiger charge is -2.15. The highest BCUT2D eigenvalue weighted by molar-refractivity contribution is 6.51. The van der Waals surface area contributed by atoms with Crippen LogP contribution in [0.2, 0.25) is 0 Å². The molecule has 1 aliphatic rings. The Morgan fingerprint density at radius 3 is 2.03 bits per heavy atom. The van der Waals surface area contributed by atoms with Gasteiger partial charge in [0.25, 0.3) is 11.8 Å². The van der Waals surface area contributed by atoms with Crippen LogP contribution >= 0.6 is 0 Å². The van der Waals surface area contributed by atoms with E-state index in [0.29, 0.717) is 11.1 Å². The second-order valence-electron chi connectivity index (χ2n) is 8.64. The number of imide groups is 1. The maximum Gasteiger partial charge on any atom is 0.261 e. The molecule has 4 heteroatoms. The van der Waals surface area contributed by atoms with Gasteiger partial charge in [-0.05, 0) is 43.9 Å². The van der Waals surface area contributed by atoms with Crippen LogP contribution in [0.4, 0.5) is 0 Å². The third kappa shape index (κ3) is 2.30. The van der Waals surface area contributed by atoms with Crippen molar-refractivity contribution < 1.29 is 9.59 Å². The van der Waals surface area contributed by atoms with Crippen LogP contribution < -0.4 is 0 Å². The van der Waals surface area contributed by atoms with Gasteiger partial charge in [0.05, 0.1) is 11.1 Å². The fourth-order valence-corrected chi connectivity index (χ4v) is 5.37. The highest BCUT2D eigenvalue weighted by Gasteiger charge is 2.38. The lowest BCUT2D eigenvalue weighted by atomic mass is 9.88. The van der Waals surface area contributed by atoms with E-state index in [9.17, 15) is 9.59 Å². The zero-order valence-corrected chi connectivity index (χ0v) is 17.8. The fourth-order valence-electron chi connectivity index (χ4n) is 5.37. The fraction of sp³-hybridized carbons (Fsp3) is 0.0345. The van der Waals surface area contributed by atoms with E-state index >= 15 is 0 Å². The van der Waals surface area contributed by atoms with E-state index in [2.05, 4.69) is 53.5 Å². The van der Waals surface area contributed by atoms with Gasteiger partial charge in [-0.15, -0.1) is 0 Å². The number of amides is 2. The molecule has 0 bridgehead atoms. The van der Waals surface area contributed by atoms with Gasteiger partial charge < -0.3 is 4.98 Å². The predicted molar refractivity (Wildman–Crippen MR) is 133 cm³/mol. The van der Waals surface area contributed by atoms with Gasteiger partial charge in [0.2, 0.25) is 0 Å². The summed E-state index contributed by atoms with van der Waals surface area (Å²) in [4.78, 5) is 31.3. The number of fused-ring (bicyclic) bond motifs is 1. The second kappa shape index (κ2) is 6.30. The van der Waals surface area contributed by atoms with Crippen LogP contribution in [0.3, 0.4) is 0 Å². The Kier molecular flexibility index (Phi) is 3.47. The molecule has 1 N–H and O–H groups in total. The number of hydrogen-bond donors (Lipinski definition) is 1. The van der Waals surface area contributed by atoms with E-state index < -0.39 is 0 Å². The first-order valence-corrected chi connectivity index (χ1v) is 10.9. The zero-order valence-electron chi connectivity index (χ0n) is 17.8. The van der Waals surface area contributed by atoms with Gasteiger partial charge >= 0.3 is 0 Å². The molecular formula is C29H18N2O2. The topological polar surface area (TPSA) is 53.2 Å². The molecule has 0 radical (unpaired) electrons. The number of likely N-dealkylation sites (N-methyl/N-ethyl adjacent to an activating group) is 1. The van der Waals surface area contributed by atoms with E-state index in [-0.39, 0.29) is 11.8 Å². The number of benzene rings is 5. The number of carbonyl (C=O) groups excluding carboxylic acids is 2. The Morgan fingerprint density at radius 2 is 1.24 bits per heavy atom. The normalized spacial score (nSPS) is 14.8. The highest BCUT2D eigenvalue weighted by atomic mass is 16.2. The Hall–Kier alpha value is -4.44. The van der Waals surface area contributed by atoms with Crippen molar-refractivity contribution in [2.75, 3.05) is 7.05 Å². The molecule has 2 heterocycles. The first kappa shape index (κ1) is 18.2. The van der Waals surface area contributed by atoms with Gasteiger partial charge in [0, 0.05) is 29.7 Å². The maximum absolute atomic E-state index is 13.5. The Labute approximate surface area is 189 Å². The second-order valence-corrected chi connectivity index (χ2v) is 8.64. The first-order chi connectivity index (χ1) is 16.1. The molecular weight excluding hydrogens is 408 g/mol. The number of nitrogens with one attached hydrogen (secondary N) is 1.